The van der Waals surface area contributed by atoms with Gasteiger partial charge in [0.05, 0.1) is 0 Å². The van der Waals surface area contributed by atoms with E-state index >= 15 is 0 Å². The van der Waals surface area contributed by atoms with Gasteiger partial charge in [0.15, 0.2) is 18.7 Å². The first-order valence-electron chi connectivity index (χ1n) is 5.41. The number of carbonyl (C=O) groups is 2. The van der Waals surface area contributed by atoms with E-state index in [0.717, 1.165) is 0 Å². The van der Waals surface area contributed by atoms with Gasteiger partial charge in [-0.3, -0.25) is 9.59 Å². The summed E-state index contributed by atoms with van der Waals surface area (Å²) < 4.78 is 6.75. The van der Waals surface area contributed by atoms with Crippen LogP contribution in [0.25, 0.3) is 0 Å². The van der Waals surface area contributed by atoms with Crippen molar-refractivity contribution in [2.24, 2.45) is 7.05 Å². The van der Waals surface area contributed by atoms with Crippen LogP contribution < -0.4 is 4.74 Å². The Hall–Kier alpha value is -2.43. The van der Waals surface area contributed by atoms with Crippen LogP contribution in [0.2, 0.25) is 0 Å². The van der Waals surface area contributed by atoms with Crippen molar-refractivity contribution in [3.63, 3.8) is 0 Å². The molecule has 0 aliphatic heterocycles. The maximum Gasteiger partial charge on any atom is 0.212 e. The third kappa shape index (κ3) is 2.63. The molecule has 0 aliphatic rings. The second-order valence-corrected chi connectivity index (χ2v) is 3.73. The monoisotopic (exact) mass is 244 g/mol. The molecule has 0 radical (unpaired) electrons. The van der Waals surface area contributed by atoms with Gasteiger partial charge >= 0.3 is 0 Å². The minimum atomic E-state index is -0.121. The lowest BCUT2D eigenvalue weighted by Gasteiger charge is -2.04. The minimum Gasteiger partial charge on any atom is -0.469 e. The number of aromatic nitrogens is 2. The van der Waals surface area contributed by atoms with E-state index in [4.69, 9.17) is 4.74 Å². The van der Waals surface area contributed by atoms with Gasteiger partial charge in [-0.1, -0.05) is 30.3 Å². The molecule has 0 saturated carbocycles. The Morgan fingerprint density at radius 1 is 1.39 bits per heavy atom. The second kappa shape index (κ2) is 5.27. The fourth-order valence-electron chi connectivity index (χ4n) is 1.51. The van der Waals surface area contributed by atoms with E-state index in [1.54, 1.807) is 31.3 Å². The minimum absolute atomic E-state index is 0.0815. The number of ketones is 1. The number of ether oxygens (including phenoxy) is 1. The summed E-state index contributed by atoms with van der Waals surface area (Å²) in [6.07, 6.45) is 0.631. The Labute approximate surface area is 104 Å². The summed E-state index contributed by atoms with van der Waals surface area (Å²) in [6, 6.07) is 10.4. The van der Waals surface area contributed by atoms with Crippen LogP contribution in [0.4, 0.5) is 0 Å². The average Bonchev–Trinajstić information content (AvgIpc) is 2.77. The Kier molecular flexibility index (Phi) is 3.52. The highest BCUT2D eigenvalue weighted by molar-refractivity contribution is 5.97. The van der Waals surface area contributed by atoms with Gasteiger partial charge in [-0.2, -0.15) is 5.10 Å². The van der Waals surface area contributed by atoms with E-state index in [2.05, 4.69) is 5.10 Å². The van der Waals surface area contributed by atoms with Crippen LogP contribution in [-0.4, -0.2) is 28.5 Å². The maximum atomic E-state index is 11.8. The zero-order valence-corrected chi connectivity index (χ0v) is 9.87. The van der Waals surface area contributed by atoms with E-state index in [0.29, 0.717) is 17.7 Å². The summed E-state index contributed by atoms with van der Waals surface area (Å²) in [5.41, 5.74) is 0.870. The van der Waals surface area contributed by atoms with Crippen molar-refractivity contribution in [3.8, 4) is 5.88 Å². The molecule has 0 spiro atoms. The SMILES string of the molecule is Cn1nc(C=O)cc1OCC(=O)c1ccccc1. The van der Waals surface area contributed by atoms with Crippen molar-refractivity contribution < 1.29 is 14.3 Å². The van der Waals surface area contributed by atoms with E-state index in [9.17, 15) is 9.59 Å². The Bertz CT molecular complexity index is 561. The molecular weight excluding hydrogens is 232 g/mol. The molecule has 1 aromatic heterocycles. The number of benzene rings is 1. The summed E-state index contributed by atoms with van der Waals surface area (Å²) in [5, 5.41) is 3.89. The Balaban J connectivity index is 2.01. The zero-order chi connectivity index (χ0) is 13.0. The first-order valence-corrected chi connectivity index (χ1v) is 5.41. The topological polar surface area (TPSA) is 61.2 Å². The normalized spacial score (nSPS) is 10.1. The highest BCUT2D eigenvalue weighted by Gasteiger charge is 2.09. The third-order valence-corrected chi connectivity index (χ3v) is 2.42. The van der Waals surface area contributed by atoms with Crippen molar-refractivity contribution in [1.29, 1.82) is 0 Å². The van der Waals surface area contributed by atoms with Gasteiger partial charge in [0, 0.05) is 18.7 Å². The van der Waals surface area contributed by atoms with Crippen molar-refractivity contribution in [2.75, 3.05) is 6.61 Å². The number of aryl methyl sites for hydroxylation is 1. The van der Waals surface area contributed by atoms with Gasteiger partial charge in [0.25, 0.3) is 0 Å². The van der Waals surface area contributed by atoms with Crippen LogP contribution in [-0.2, 0) is 7.05 Å². The molecule has 0 N–H and O–H groups in total. The molecule has 0 aliphatic carbocycles. The summed E-state index contributed by atoms with van der Waals surface area (Å²) in [7, 11) is 1.65. The van der Waals surface area contributed by atoms with Crippen LogP contribution >= 0.6 is 0 Å². The number of hydrogen-bond donors (Lipinski definition) is 0. The molecule has 18 heavy (non-hydrogen) atoms. The van der Waals surface area contributed by atoms with Crippen molar-refractivity contribution in [1.82, 2.24) is 9.78 Å². The molecule has 2 aromatic rings. The van der Waals surface area contributed by atoms with Crippen LogP contribution in [0.15, 0.2) is 36.4 Å². The molecular formula is C13H12N2O3. The molecule has 0 fully saturated rings. The van der Waals surface area contributed by atoms with Crippen LogP contribution in [0.1, 0.15) is 20.8 Å². The van der Waals surface area contributed by atoms with Gasteiger partial charge in [0.2, 0.25) is 5.88 Å². The van der Waals surface area contributed by atoms with Gasteiger partial charge in [-0.05, 0) is 0 Å². The summed E-state index contributed by atoms with van der Waals surface area (Å²) >= 11 is 0. The molecule has 0 unspecified atom stereocenters. The smallest absolute Gasteiger partial charge is 0.212 e. The van der Waals surface area contributed by atoms with Gasteiger partial charge in [-0.15, -0.1) is 0 Å². The summed E-state index contributed by atoms with van der Waals surface area (Å²) in [6.45, 7) is -0.0815. The number of nitrogens with zero attached hydrogens (tertiary/aromatic N) is 2. The molecule has 5 heteroatoms. The number of hydrogen-bond acceptors (Lipinski definition) is 4. The number of Topliss-reactive ketones (excluding diaryl/α,β-unsaturated/α-hetero) is 1. The lowest BCUT2D eigenvalue weighted by Crippen LogP contribution is -2.13. The fraction of sp³-hybridized carbons (Fsp3) is 0.154. The standard InChI is InChI=1S/C13H12N2O3/c1-15-13(7-11(8-16)14-15)18-9-12(17)10-5-3-2-4-6-10/h2-8H,9H2,1H3. The molecule has 2 rings (SSSR count). The highest BCUT2D eigenvalue weighted by atomic mass is 16.5. The summed E-state index contributed by atoms with van der Waals surface area (Å²) in [4.78, 5) is 22.3. The van der Waals surface area contributed by atoms with E-state index < -0.39 is 0 Å². The predicted molar refractivity (Wildman–Crippen MR) is 64.9 cm³/mol. The van der Waals surface area contributed by atoms with Crippen molar-refractivity contribution in [3.05, 3.63) is 47.7 Å². The van der Waals surface area contributed by atoms with Crippen molar-refractivity contribution in [2.45, 2.75) is 0 Å². The first-order chi connectivity index (χ1) is 8.70. The summed E-state index contributed by atoms with van der Waals surface area (Å²) in [5.74, 6) is 0.269. The lowest BCUT2D eigenvalue weighted by molar-refractivity contribution is 0.0914. The zero-order valence-electron chi connectivity index (χ0n) is 9.87. The Morgan fingerprint density at radius 3 is 2.72 bits per heavy atom. The third-order valence-electron chi connectivity index (χ3n) is 2.42. The fourth-order valence-corrected chi connectivity index (χ4v) is 1.51. The quantitative estimate of drug-likeness (QED) is 0.590. The van der Waals surface area contributed by atoms with E-state index in [1.807, 2.05) is 6.07 Å². The van der Waals surface area contributed by atoms with Crippen LogP contribution in [0, 0.1) is 0 Å². The predicted octanol–water partition coefficient (Wildman–Crippen LogP) is 1.49. The van der Waals surface area contributed by atoms with E-state index in [1.165, 1.54) is 10.7 Å². The Morgan fingerprint density at radius 2 is 2.11 bits per heavy atom. The van der Waals surface area contributed by atoms with Crippen molar-refractivity contribution >= 4 is 12.1 Å². The van der Waals surface area contributed by atoms with Gasteiger partial charge < -0.3 is 4.74 Å². The van der Waals surface area contributed by atoms with Gasteiger partial charge in [0.1, 0.15) is 5.69 Å². The largest absolute Gasteiger partial charge is 0.469 e. The molecule has 0 atom stereocenters. The molecule has 92 valence electrons. The molecule has 0 saturated heterocycles. The molecule has 5 nitrogen and oxygen atoms in total. The van der Waals surface area contributed by atoms with Crippen LogP contribution in [0.5, 0.6) is 5.88 Å². The molecule has 1 aromatic carbocycles. The lowest BCUT2D eigenvalue weighted by atomic mass is 10.1. The second-order valence-electron chi connectivity index (χ2n) is 3.73. The average molecular weight is 244 g/mol. The molecule has 1 heterocycles. The number of aldehydes is 1. The molecule has 0 amide bonds. The maximum absolute atomic E-state index is 11.8. The number of carbonyl (C=O) groups excluding carboxylic acids is 2. The van der Waals surface area contributed by atoms with Gasteiger partial charge in [-0.25, -0.2) is 4.68 Å². The van der Waals surface area contributed by atoms with Crippen LogP contribution in [0.3, 0.4) is 0 Å². The molecule has 0 bridgehead atoms. The van der Waals surface area contributed by atoms with E-state index in [-0.39, 0.29) is 18.1 Å². The highest BCUT2D eigenvalue weighted by Crippen LogP contribution is 2.11. The number of rotatable bonds is 5. The first kappa shape index (κ1) is 12.0.